The fraction of sp³-hybridized carbons (Fsp3) is 0.375. The van der Waals surface area contributed by atoms with Crippen molar-refractivity contribution in [2.24, 2.45) is 0 Å². The normalized spacial score (nSPS) is 16.0. The van der Waals surface area contributed by atoms with Crippen molar-refractivity contribution < 1.29 is 5.11 Å². The lowest BCUT2D eigenvalue weighted by molar-refractivity contribution is 0.0581. The first-order valence-corrected chi connectivity index (χ1v) is 7.43. The van der Waals surface area contributed by atoms with Crippen molar-refractivity contribution in [3.05, 3.63) is 57.8 Å². The second-order valence-corrected chi connectivity index (χ2v) is 6.22. The van der Waals surface area contributed by atoms with Crippen LogP contribution in [0, 0.1) is 6.92 Å². The minimum atomic E-state index is -0.813. The topological polar surface area (TPSA) is 32.3 Å². The number of aliphatic hydroxyl groups is 1. The predicted molar refractivity (Wildman–Crippen MR) is 81.5 cm³/mol. The molecule has 2 unspecified atom stereocenters. The van der Waals surface area contributed by atoms with Crippen LogP contribution in [0.1, 0.15) is 35.9 Å². The van der Waals surface area contributed by atoms with E-state index in [0.717, 1.165) is 4.88 Å². The Kier molecular flexibility index (Phi) is 4.40. The summed E-state index contributed by atoms with van der Waals surface area (Å²) in [6.07, 6.45) is 0. The molecule has 19 heavy (non-hydrogen) atoms. The van der Waals surface area contributed by atoms with Gasteiger partial charge in [0, 0.05) is 17.5 Å². The summed E-state index contributed by atoms with van der Waals surface area (Å²) >= 11 is 1.59. The molecular formula is C16H21NOS. The van der Waals surface area contributed by atoms with E-state index in [1.165, 1.54) is 11.1 Å². The predicted octanol–water partition coefficient (Wildman–Crippen LogP) is 3.61. The van der Waals surface area contributed by atoms with Crippen LogP contribution in [0.2, 0.25) is 0 Å². The molecule has 2 aromatic rings. The molecule has 0 aliphatic heterocycles. The maximum atomic E-state index is 10.5. The average molecular weight is 275 g/mol. The second kappa shape index (κ2) is 5.87. The molecule has 0 radical (unpaired) electrons. The van der Waals surface area contributed by atoms with Gasteiger partial charge in [0.25, 0.3) is 0 Å². The maximum absolute atomic E-state index is 10.5. The Labute approximate surface area is 119 Å². The highest BCUT2D eigenvalue weighted by molar-refractivity contribution is 7.10. The first kappa shape index (κ1) is 14.3. The Bertz CT molecular complexity index is 519. The highest BCUT2D eigenvalue weighted by atomic mass is 32.1. The Morgan fingerprint density at radius 1 is 1.32 bits per heavy atom. The Hall–Kier alpha value is -1.16. The summed E-state index contributed by atoms with van der Waals surface area (Å²) in [4.78, 5) is 0.997. The smallest absolute Gasteiger partial charge is 0.108 e. The third-order valence-electron chi connectivity index (χ3n) is 3.35. The third kappa shape index (κ3) is 3.66. The van der Waals surface area contributed by atoms with E-state index in [2.05, 4.69) is 43.4 Å². The van der Waals surface area contributed by atoms with Gasteiger partial charge in [0.15, 0.2) is 0 Å². The number of rotatable bonds is 5. The molecule has 2 nitrogen and oxygen atoms in total. The molecule has 2 atom stereocenters. The van der Waals surface area contributed by atoms with Crippen LogP contribution in [-0.2, 0) is 5.60 Å². The first-order valence-electron chi connectivity index (χ1n) is 6.55. The lowest BCUT2D eigenvalue weighted by Crippen LogP contribution is -2.36. The number of thiophene rings is 1. The van der Waals surface area contributed by atoms with Crippen molar-refractivity contribution in [1.29, 1.82) is 0 Å². The average Bonchev–Trinajstić information content (AvgIpc) is 2.90. The largest absolute Gasteiger partial charge is 0.383 e. The van der Waals surface area contributed by atoms with E-state index >= 15 is 0 Å². The number of benzene rings is 1. The summed E-state index contributed by atoms with van der Waals surface area (Å²) in [6.45, 7) is 6.62. The standard InChI is InChI=1S/C16H21NOS/c1-12-6-4-7-14(10-12)13(2)17-11-16(3,18)15-8-5-9-19-15/h4-10,13,17-18H,11H2,1-3H3. The van der Waals surface area contributed by atoms with Crippen LogP contribution in [0.3, 0.4) is 0 Å². The molecule has 0 fully saturated rings. The zero-order valence-electron chi connectivity index (χ0n) is 11.7. The van der Waals surface area contributed by atoms with Crippen molar-refractivity contribution in [3.8, 4) is 0 Å². The fourth-order valence-electron chi connectivity index (χ4n) is 2.08. The molecule has 102 valence electrons. The van der Waals surface area contributed by atoms with Crippen LogP contribution in [0.5, 0.6) is 0 Å². The van der Waals surface area contributed by atoms with Crippen LogP contribution in [0.4, 0.5) is 0 Å². The number of aryl methyl sites for hydroxylation is 1. The van der Waals surface area contributed by atoms with Crippen molar-refractivity contribution in [1.82, 2.24) is 5.32 Å². The molecule has 0 saturated carbocycles. The lowest BCUT2D eigenvalue weighted by Gasteiger charge is -2.25. The Morgan fingerprint density at radius 2 is 2.11 bits per heavy atom. The van der Waals surface area contributed by atoms with Gasteiger partial charge in [-0.05, 0) is 37.8 Å². The van der Waals surface area contributed by atoms with Crippen molar-refractivity contribution >= 4 is 11.3 Å². The molecule has 0 saturated heterocycles. The third-order valence-corrected chi connectivity index (χ3v) is 4.47. The van der Waals surface area contributed by atoms with Crippen molar-refractivity contribution in [3.63, 3.8) is 0 Å². The van der Waals surface area contributed by atoms with E-state index < -0.39 is 5.60 Å². The SMILES string of the molecule is Cc1cccc(C(C)NCC(C)(O)c2cccs2)c1. The summed E-state index contributed by atoms with van der Waals surface area (Å²) in [7, 11) is 0. The summed E-state index contributed by atoms with van der Waals surface area (Å²) < 4.78 is 0. The molecule has 1 aromatic heterocycles. The molecular weight excluding hydrogens is 254 g/mol. The van der Waals surface area contributed by atoms with Gasteiger partial charge in [-0.25, -0.2) is 0 Å². The zero-order chi connectivity index (χ0) is 13.9. The van der Waals surface area contributed by atoms with Crippen LogP contribution >= 0.6 is 11.3 Å². The van der Waals surface area contributed by atoms with Gasteiger partial charge in [-0.15, -0.1) is 11.3 Å². The molecule has 2 rings (SSSR count). The molecule has 0 amide bonds. The van der Waals surface area contributed by atoms with Gasteiger partial charge in [-0.1, -0.05) is 35.9 Å². The molecule has 2 N–H and O–H groups in total. The lowest BCUT2D eigenvalue weighted by atomic mass is 10.0. The second-order valence-electron chi connectivity index (χ2n) is 5.27. The summed E-state index contributed by atoms with van der Waals surface area (Å²) in [6, 6.07) is 12.6. The maximum Gasteiger partial charge on any atom is 0.108 e. The molecule has 3 heteroatoms. The highest BCUT2D eigenvalue weighted by Crippen LogP contribution is 2.25. The molecule has 1 heterocycles. The minimum absolute atomic E-state index is 0.228. The van der Waals surface area contributed by atoms with Gasteiger partial charge in [0.1, 0.15) is 5.60 Å². The van der Waals surface area contributed by atoms with Crippen LogP contribution in [0.15, 0.2) is 41.8 Å². The van der Waals surface area contributed by atoms with Gasteiger partial charge in [-0.3, -0.25) is 0 Å². The van der Waals surface area contributed by atoms with E-state index in [-0.39, 0.29) is 6.04 Å². The Morgan fingerprint density at radius 3 is 2.74 bits per heavy atom. The molecule has 0 aliphatic rings. The van der Waals surface area contributed by atoms with E-state index in [9.17, 15) is 5.11 Å². The Balaban J connectivity index is 1.99. The van der Waals surface area contributed by atoms with Gasteiger partial charge in [0.05, 0.1) is 0 Å². The van der Waals surface area contributed by atoms with Crippen molar-refractivity contribution in [2.45, 2.75) is 32.4 Å². The number of hydrogen-bond donors (Lipinski definition) is 2. The van der Waals surface area contributed by atoms with Gasteiger partial charge >= 0.3 is 0 Å². The summed E-state index contributed by atoms with van der Waals surface area (Å²) in [5.41, 5.74) is 1.70. The van der Waals surface area contributed by atoms with E-state index in [0.29, 0.717) is 6.54 Å². The van der Waals surface area contributed by atoms with E-state index in [1.807, 2.05) is 24.4 Å². The van der Waals surface area contributed by atoms with Crippen LogP contribution in [0.25, 0.3) is 0 Å². The van der Waals surface area contributed by atoms with Crippen LogP contribution in [-0.4, -0.2) is 11.7 Å². The monoisotopic (exact) mass is 275 g/mol. The van der Waals surface area contributed by atoms with Gasteiger partial charge in [-0.2, -0.15) is 0 Å². The number of hydrogen-bond acceptors (Lipinski definition) is 3. The first-order chi connectivity index (χ1) is 8.99. The van der Waals surface area contributed by atoms with E-state index in [4.69, 9.17) is 0 Å². The zero-order valence-corrected chi connectivity index (χ0v) is 12.5. The highest BCUT2D eigenvalue weighted by Gasteiger charge is 2.24. The number of nitrogens with one attached hydrogen (secondary N) is 1. The minimum Gasteiger partial charge on any atom is -0.383 e. The van der Waals surface area contributed by atoms with Crippen LogP contribution < -0.4 is 5.32 Å². The summed E-state index contributed by atoms with van der Waals surface area (Å²) in [5.74, 6) is 0. The summed E-state index contributed by atoms with van der Waals surface area (Å²) in [5, 5.41) is 15.9. The quantitative estimate of drug-likeness (QED) is 0.873. The molecule has 0 bridgehead atoms. The molecule has 1 aromatic carbocycles. The van der Waals surface area contributed by atoms with Gasteiger partial charge in [0.2, 0.25) is 0 Å². The molecule has 0 aliphatic carbocycles. The van der Waals surface area contributed by atoms with E-state index in [1.54, 1.807) is 11.3 Å². The fourth-order valence-corrected chi connectivity index (χ4v) is 2.87. The molecule has 0 spiro atoms. The van der Waals surface area contributed by atoms with Crippen molar-refractivity contribution in [2.75, 3.05) is 6.54 Å². The van der Waals surface area contributed by atoms with Gasteiger partial charge < -0.3 is 10.4 Å².